The normalized spacial score (nSPS) is 9.64. The first kappa shape index (κ1) is 12.5. The van der Waals surface area contributed by atoms with Crippen LogP contribution in [0.1, 0.15) is 20.3 Å². The van der Waals surface area contributed by atoms with Gasteiger partial charge in [-0.1, -0.05) is 0 Å². The highest BCUT2D eigenvalue weighted by Gasteiger charge is 2.05. The molecule has 0 bridgehead atoms. The van der Waals surface area contributed by atoms with Crippen LogP contribution in [0.5, 0.6) is 0 Å². The lowest BCUT2D eigenvalue weighted by atomic mass is 10.5. The van der Waals surface area contributed by atoms with Gasteiger partial charge in [0.05, 0.1) is 19.3 Å². The summed E-state index contributed by atoms with van der Waals surface area (Å²) in [6.45, 7) is 3.49. The highest BCUT2D eigenvalue weighted by molar-refractivity contribution is 5.60. The van der Waals surface area contributed by atoms with Crippen molar-refractivity contribution < 1.29 is 28.9 Å². The van der Waals surface area contributed by atoms with Crippen LogP contribution >= 0.6 is 0 Å². The summed E-state index contributed by atoms with van der Waals surface area (Å²) < 4.78 is 13.4. The molecule has 0 spiro atoms. The summed E-state index contributed by atoms with van der Waals surface area (Å²) in [4.78, 5) is 20.6. The molecule has 0 radical (unpaired) electrons. The molecular formula is C8H14O6. The lowest BCUT2D eigenvalue weighted by molar-refractivity contribution is 0.0289. The lowest BCUT2D eigenvalue weighted by Gasteiger charge is -2.07. The SMILES string of the molecule is CC(C)OC(=O)OCCCOC(=O)O. The zero-order valence-corrected chi connectivity index (χ0v) is 8.19. The maximum atomic E-state index is 10.7. The van der Waals surface area contributed by atoms with E-state index in [0.717, 1.165) is 0 Å². The molecule has 0 fully saturated rings. The molecule has 0 rings (SSSR count). The molecule has 0 unspecified atom stereocenters. The Hall–Kier alpha value is -1.46. The fraction of sp³-hybridized carbons (Fsp3) is 0.750. The number of ether oxygens (including phenoxy) is 3. The summed E-state index contributed by atoms with van der Waals surface area (Å²) in [5, 5.41) is 8.09. The molecule has 1 N–H and O–H groups in total. The Morgan fingerprint density at radius 2 is 1.79 bits per heavy atom. The van der Waals surface area contributed by atoms with Crippen LogP contribution < -0.4 is 0 Å². The molecule has 0 aliphatic rings. The number of carbonyl (C=O) groups is 2. The van der Waals surface area contributed by atoms with Gasteiger partial charge in [0, 0.05) is 6.42 Å². The first-order valence-electron chi connectivity index (χ1n) is 4.21. The second-order valence-corrected chi connectivity index (χ2v) is 2.73. The fourth-order valence-corrected chi connectivity index (χ4v) is 0.600. The van der Waals surface area contributed by atoms with Gasteiger partial charge in [-0.2, -0.15) is 0 Å². The number of rotatable bonds is 5. The van der Waals surface area contributed by atoms with E-state index in [4.69, 9.17) is 5.11 Å². The van der Waals surface area contributed by atoms with Crippen molar-refractivity contribution in [3.63, 3.8) is 0 Å². The van der Waals surface area contributed by atoms with Crippen LogP contribution in [0.15, 0.2) is 0 Å². The Morgan fingerprint density at radius 3 is 2.29 bits per heavy atom. The van der Waals surface area contributed by atoms with E-state index in [1.54, 1.807) is 13.8 Å². The average Bonchev–Trinajstić information content (AvgIpc) is 2.01. The van der Waals surface area contributed by atoms with E-state index in [-0.39, 0.29) is 19.3 Å². The van der Waals surface area contributed by atoms with Gasteiger partial charge in [0.15, 0.2) is 0 Å². The topological polar surface area (TPSA) is 82.1 Å². The largest absolute Gasteiger partial charge is 0.508 e. The van der Waals surface area contributed by atoms with Crippen molar-refractivity contribution in [3.8, 4) is 0 Å². The average molecular weight is 206 g/mol. The second-order valence-electron chi connectivity index (χ2n) is 2.73. The summed E-state index contributed by atoms with van der Waals surface area (Å²) >= 11 is 0. The molecule has 0 saturated carbocycles. The monoisotopic (exact) mass is 206 g/mol. The maximum absolute atomic E-state index is 10.7. The minimum Gasteiger partial charge on any atom is -0.450 e. The van der Waals surface area contributed by atoms with Crippen molar-refractivity contribution in [1.82, 2.24) is 0 Å². The van der Waals surface area contributed by atoms with Crippen molar-refractivity contribution in [1.29, 1.82) is 0 Å². The highest BCUT2D eigenvalue weighted by atomic mass is 16.7. The molecule has 0 aromatic heterocycles. The molecule has 0 aromatic carbocycles. The van der Waals surface area contributed by atoms with Crippen LogP contribution in [0.25, 0.3) is 0 Å². The molecule has 6 nitrogen and oxygen atoms in total. The molecule has 0 amide bonds. The van der Waals surface area contributed by atoms with Gasteiger partial charge < -0.3 is 19.3 Å². The number of hydrogen-bond donors (Lipinski definition) is 1. The maximum Gasteiger partial charge on any atom is 0.508 e. The molecule has 0 atom stereocenters. The molecule has 0 aliphatic carbocycles. The van der Waals surface area contributed by atoms with Gasteiger partial charge in [0.25, 0.3) is 0 Å². The number of carbonyl (C=O) groups excluding carboxylic acids is 1. The van der Waals surface area contributed by atoms with E-state index in [1.165, 1.54) is 0 Å². The van der Waals surface area contributed by atoms with Gasteiger partial charge in [-0.15, -0.1) is 0 Å². The van der Waals surface area contributed by atoms with Gasteiger partial charge in [-0.05, 0) is 13.8 Å². The first-order chi connectivity index (χ1) is 6.52. The Bertz CT molecular complexity index is 188. The molecular weight excluding hydrogens is 192 g/mol. The van der Waals surface area contributed by atoms with Crippen molar-refractivity contribution >= 4 is 12.3 Å². The summed E-state index contributed by atoms with van der Waals surface area (Å²) in [5.41, 5.74) is 0. The second kappa shape index (κ2) is 6.99. The Balaban J connectivity index is 3.27. The van der Waals surface area contributed by atoms with Crippen LogP contribution in [-0.2, 0) is 14.2 Å². The van der Waals surface area contributed by atoms with Crippen molar-refractivity contribution in [3.05, 3.63) is 0 Å². The lowest BCUT2D eigenvalue weighted by Crippen LogP contribution is -2.14. The summed E-state index contributed by atoms with van der Waals surface area (Å²) in [7, 11) is 0. The van der Waals surface area contributed by atoms with Crippen LogP contribution in [-0.4, -0.2) is 36.7 Å². The van der Waals surface area contributed by atoms with Crippen molar-refractivity contribution in [2.45, 2.75) is 26.4 Å². The van der Waals surface area contributed by atoms with E-state index >= 15 is 0 Å². The summed E-state index contributed by atoms with van der Waals surface area (Å²) in [6, 6.07) is 0. The third-order valence-corrected chi connectivity index (χ3v) is 1.07. The summed E-state index contributed by atoms with van der Waals surface area (Å²) in [6.07, 6.45) is -2.00. The van der Waals surface area contributed by atoms with Gasteiger partial charge in [-0.25, -0.2) is 9.59 Å². The number of carboxylic acid groups (broad SMARTS) is 1. The predicted octanol–water partition coefficient (Wildman–Crippen LogP) is 1.63. The molecule has 0 aliphatic heterocycles. The molecule has 0 heterocycles. The molecule has 82 valence electrons. The minimum atomic E-state index is -1.34. The van der Waals surface area contributed by atoms with Gasteiger partial charge in [-0.3, -0.25) is 0 Å². The van der Waals surface area contributed by atoms with Gasteiger partial charge in [0.1, 0.15) is 0 Å². The molecule has 14 heavy (non-hydrogen) atoms. The molecule has 0 saturated heterocycles. The zero-order valence-electron chi connectivity index (χ0n) is 8.19. The Morgan fingerprint density at radius 1 is 1.21 bits per heavy atom. The third kappa shape index (κ3) is 8.63. The van der Waals surface area contributed by atoms with E-state index in [2.05, 4.69) is 14.2 Å². The Labute approximate surface area is 81.8 Å². The first-order valence-corrected chi connectivity index (χ1v) is 4.21. The van der Waals surface area contributed by atoms with Crippen LogP contribution in [0.4, 0.5) is 9.59 Å². The van der Waals surface area contributed by atoms with Crippen LogP contribution in [0.3, 0.4) is 0 Å². The molecule has 6 heteroatoms. The predicted molar refractivity (Wildman–Crippen MR) is 46.2 cm³/mol. The van der Waals surface area contributed by atoms with E-state index in [0.29, 0.717) is 6.42 Å². The summed E-state index contributed by atoms with van der Waals surface area (Å²) in [5.74, 6) is 0. The Kier molecular flexibility index (Phi) is 6.26. The minimum absolute atomic E-state index is 0.00426. The zero-order chi connectivity index (χ0) is 11.0. The fourth-order valence-electron chi connectivity index (χ4n) is 0.600. The van der Waals surface area contributed by atoms with E-state index in [9.17, 15) is 9.59 Å². The van der Waals surface area contributed by atoms with Crippen LogP contribution in [0.2, 0.25) is 0 Å². The van der Waals surface area contributed by atoms with E-state index in [1.807, 2.05) is 0 Å². The third-order valence-electron chi connectivity index (χ3n) is 1.07. The highest BCUT2D eigenvalue weighted by Crippen LogP contribution is 1.94. The van der Waals surface area contributed by atoms with E-state index < -0.39 is 12.3 Å². The standard InChI is InChI=1S/C8H14O6/c1-6(2)14-8(11)13-5-3-4-12-7(9)10/h6H,3-5H2,1-2H3,(H,9,10). The quantitative estimate of drug-likeness (QED) is 0.543. The van der Waals surface area contributed by atoms with Crippen LogP contribution in [0, 0.1) is 0 Å². The molecule has 0 aromatic rings. The van der Waals surface area contributed by atoms with Crippen molar-refractivity contribution in [2.75, 3.05) is 13.2 Å². The van der Waals surface area contributed by atoms with Crippen molar-refractivity contribution in [2.24, 2.45) is 0 Å². The van der Waals surface area contributed by atoms with Gasteiger partial charge in [0.2, 0.25) is 0 Å². The van der Waals surface area contributed by atoms with Gasteiger partial charge >= 0.3 is 12.3 Å². The smallest absolute Gasteiger partial charge is 0.450 e. The number of hydrogen-bond acceptors (Lipinski definition) is 5.